The number of pyridine rings is 1. The number of aromatic nitrogens is 2. The number of rotatable bonds is 8. The van der Waals surface area contributed by atoms with E-state index in [9.17, 15) is 4.79 Å². The van der Waals surface area contributed by atoms with E-state index in [4.69, 9.17) is 9.47 Å². The van der Waals surface area contributed by atoms with Gasteiger partial charge in [0.25, 0.3) is 0 Å². The Kier molecular flexibility index (Phi) is 6.34. The largest absolute Gasteiger partial charge is 0.491 e. The van der Waals surface area contributed by atoms with Crippen molar-refractivity contribution in [3.8, 4) is 5.75 Å². The van der Waals surface area contributed by atoms with E-state index in [0.29, 0.717) is 18.7 Å². The van der Waals surface area contributed by atoms with Gasteiger partial charge in [-0.2, -0.15) is 0 Å². The molecule has 0 unspecified atom stereocenters. The van der Waals surface area contributed by atoms with E-state index < -0.39 is 0 Å². The van der Waals surface area contributed by atoms with Gasteiger partial charge in [0, 0.05) is 35.5 Å². The van der Waals surface area contributed by atoms with Crippen molar-refractivity contribution in [3.63, 3.8) is 0 Å². The molecule has 0 N–H and O–H groups in total. The summed E-state index contributed by atoms with van der Waals surface area (Å²) in [5.74, 6) is 0.478. The SMILES string of the molecule is CCC[C@H](C)Oc1ccc2c(c1)c(C(=O)OCC)c(C)n2Cc1cccnc1. The van der Waals surface area contributed by atoms with Crippen LogP contribution in [0, 0.1) is 6.92 Å². The van der Waals surface area contributed by atoms with Gasteiger partial charge < -0.3 is 14.0 Å². The molecule has 148 valence electrons. The molecule has 1 aromatic carbocycles. The monoisotopic (exact) mass is 380 g/mol. The first kappa shape index (κ1) is 19.9. The van der Waals surface area contributed by atoms with Crippen molar-refractivity contribution in [1.29, 1.82) is 0 Å². The van der Waals surface area contributed by atoms with Crippen molar-refractivity contribution < 1.29 is 14.3 Å². The smallest absolute Gasteiger partial charge is 0.340 e. The molecule has 5 nitrogen and oxygen atoms in total. The molecule has 3 aromatic rings. The number of fused-ring (bicyclic) bond motifs is 1. The summed E-state index contributed by atoms with van der Waals surface area (Å²) in [5, 5.41) is 0.862. The number of hydrogen-bond acceptors (Lipinski definition) is 4. The van der Waals surface area contributed by atoms with E-state index in [0.717, 1.165) is 40.8 Å². The van der Waals surface area contributed by atoms with Gasteiger partial charge in [-0.1, -0.05) is 19.4 Å². The fraction of sp³-hybridized carbons (Fsp3) is 0.391. The van der Waals surface area contributed by atoms with Crippen molar-refractivity contribution in [2.24, 2.45) is 0 Å². The predicted molar refractivity (Wildman–Crippen MR) is 111 cm³/mol. The number of benzene rings is 1. The molecule has 0 saturated heterocycles. The van der Waals surface area contributed by atoms with Crippen LogP contribution in [0.4, 0.5) is 0 Å². The van der Waals surface area contributed by atoms with Gasteiger partial charge in [-0.3, -0.25) is 4.98 Å². The predicted octanol–water partition coefficient (Wildman–Crippen LogP) is 5.14. The van der Waals surface area contributed by atoms with Gasteiger partial charge in [0.2, 0.25) is 0 Å². The Morgan fingerprint density at radius 1 is 1.25 bits per heavy atom. The maximum Gasteiger partial charge on any atom is 0.340 e. The highest BCUT2D eigenvalue weighted by Crippen LogP contribution is 2.31. The first-order chi connectivity index (χ1) is 13.5. The molecule has 0 fully saturated rings. The van der Waals surface area contributed by atoms with Gasteiger partial charge >= 0.3 is 5.97 Å². The summed E-state index contributed by atoms with van der Waals surface area (Å²) in [6, 6.07) is 9.91. The standard InChI is InChI=1S/C23H28N2O3/c1-5-8-16(3)28-19-10-11-21-20(13-19)22(23(26)27-6-2)17(4)25(21)15-18-9-7-12-24-14-18/h7,9-14,16H,5-6,8,15H2,1-4H3/t16-/m0/s1. The van der Waals surface area contributed by atoms with Crippen molar-refractivity contribution >= 4 is 16.9 Å². The summed E-state index contributed by atoms with van der Waals surface area (Å²) in [6.07, 6.45) is 5.79. The van der Waals surface area contributed by atoms with Crippen LogP contribution in [0.25, 0.3) is 10.9 Å². The number of carbonyl (C=O) groups is 1. The highest BCUT2D eigenvalue weighted by molar-refractivity contribution is 6.06. The summed E-state index contributed by atoms with van der Waals surface area (Å²) in [7, 11) is 0. The lowest BCUT2D eigenvalue weighted by Gasteiger charge is -2.14. The van der Waals surface area contributed by atoms with Gasteiger partial charge in [-0.05, 0) is 57.0 Å². The molecular formula is C23H28N2O3. The van der Waals surface area contributed by atoms with Crippen molar-refractivity contribution in [1.82, 2.24) is 9.55 Å². The van der Waals surface area contributed by atoms with Crippen LogP contribution in [0.5, 0.6) is 5.75 Å². The Hall–Kier alpha value is -2.82. The zero-order chi connectivity index (χ0) is 20.1. The topological polar surface area (TPSA) is 53.4 Å². The third-order valence-corrected chi connectivity index (χ3v) is 4.87. The number of nitrogens with zero attached hydrogens (tertiary/aromatic N) is 2. The van der Waals surface area contributed by atoms with E-state index >= 15 is 0 Å². The first-order valence-corrected chi connectivity index (χ1v) is 9.90. The quantitative estimate of drug-likeness (QED) is 0.508. The lowest BCUT2D eigenvalue weighted by Crippen LogP contribution is -2.11. The number of carbonyl (C=O) groups excluding carboxylic acids is 1. The molecule has 0 bridgehead atoms. The highest BCUT2D eigenvalue weighted by atomic mass is 16.5. The molecule has 0 saturated carbocycles. The summed E-state index contributed by atoms with van der Waals surface area (Å²) in [5.41, 5.74) is 3.56. The molecule has 0 spiro atoms. The minimum atomic E-state index is -0.298. The normalized spacial score (nSPS) is 12.1. The number of ether oxygens (including phenoxy) is 2. The lowest BCUT2D eigenvalue weighted by atomic mass is 10.1. The van der Waals surface area contributed by atoms with Crippen LogP contribution < -0.4 is 4.74 Å². The van der Waals surface area contributed by atoms with E-state index in [1.165, 1.54) is 0 Å². The minimum absolute atomic E-state index is 0.132. The Balaban J connectivity index is 2.08. The first-order valence-electron chi connectivity index (χ1n) is 9.90. The van der Waals surface area contributed by atoms with Gasteiger partial charge in [-0.25, -0.2) is 4.79 Å². The summed E-state index contributed by atoms with van der Waals surface area (Å²) < 4.78 is 13.5. The van der Waals surface area contributed by atoms with Crippen LogP contribution >= 0.6 is 0 Å². The van der Waals surface area contributed by atoms with Crippen molar-refractivity contribution in [2.75, 3.05) is 6.61 Å². The molecule has 0 radical (unpaired) electrons. The molecule has 5 heteroatoms. The van der Waals surface area contributed by atoms with Crippen molar-refractivity contribution in [2.45, 2.75) is 53.2 Å². The van der Waals surface area contributed by atoms with Crippen LogP contribution in [0.2, 0.25) is 0 Å². The molecule has 0 aliphatic rings. The Bertz CT molecular complexity index is 947. The molecule has 2 aromatic heterocycles. The molecule has 28 heavy (non-hydrogen) atoms. The molecule has 1 atom stereocenters. The Labute approximate surface area is 166 Å². The van der Waals surface area contributed by atoms with Crippen LogP contribution in [0.1, 0.15) is 55.2 Å². The second-order valence-corrected chi connectivity index (χ2v) is 7.02. The van der Waals surface area contributed by atoms with Crippen LogP contribution in [0.15, 0.2) is 42.7 Å². The maximum atomic E-state index is 12.7. The zero-order valence-electron chi connectivity index (χ0n) is 17.1. The average molecular weight is 380 g/mol. The van der Waals surface area contributed by atoms with Gasteiger partial charge in [-0.15, -0.1) is 0 Å². The molecule has 0 aliphatic carbocycles. The second-order valence-electron chi connectivity index (χ2n) is 7.02. The van der Waals surface area contributed by atoms with Crippen LogP contribution in [0.3, 0.4) is 0 Å². The van der Waals surface area contributed by atoms with Gasteiger partial charge in [0.1, 0.15) is 5.75 Å². The average Bonchev–Trinajstić information content (AvgIpc) is 2.94. The van der Waals surface area contributed by atoms with E-state index in [2.05, 4.69) is 23.4 Å². The highest BCUT2D eigenvalue weighted by Gasteiger charge is 2.22. The molecule has 3 rings (SSSR count). The second kappa shape index (κ2) is 8.91. The van der Waals surface area contributed by atoms with Crippen molar-refractivity contribution in [3.05, 3.63) is 59.5 Å². The number of esters is 1. The molecule has 2 heterocycles. The minimum Gasteiger partial charge on any atom is -0.491 e. The molecule has 0 amide bonds. The Morgan fingerprint density at radius 3 is 2.75 bits per heavy atom. The van der Waals surface area contributed by atoms with E-state index in [-0.39, 0.29) is 12.1 Å². The molecular weight excluding hydrogens is 352 g/mol. The lowest BCUT2D eigenvalue weighted by molar-refractivity contribution is 0.0527. The number of hydrogen-bond donors (Lipinski definition) is 0. The maximum absolute atomic E-state index is 12.7. The third-order valence-electron chi connectivity index (χ3n) is 4.87. The summed E-state index contributed by atoms with van der Waals surface area (Å²) >= 11 is 0. The van der Waals surface area contributed by atoms with E-state index in [1.807, 2.05) is 50.4 Å². The van der Waals surface area contributed by atoms with Crippen LogP contribution in [-0.4, -0.2) is 28.2 Å². The third kappa shape index (κ3) is 4.19. The summed E-state index contributed by atoms with van der Waals surface area (Å²) in [4.78, 5) is 16.9. The molecule has 0 aliphatic heterocycles. The fourth-order valence-electron chi connectivity index (χ4n) is 3.57. The van der Waals surface area contributed by atoms with Gasteiger partial charge in [0.15, 0.2) is 0 Å². The Morgan fingerprint density at radius 2 is 2.07 bits per heavy atom. The van der Waals surface area contributed by atoms with E-state index in [1.54, 1.807) is 6.20 Å². The fourth-order valence-corrected chi connectivity index (χ4v) is 3.57. The zero-order valence-corrected chi connectivity index (χ0v) is 17.1. The van der Waals surface area contributed by atoms with Crippen LogP contribution in [-0.2, 0) is 11.3 Å². The summed E-state index contributed by atoms with van der Waals surface area (Å²) in [6.45, 7) is 8.98. The van der Waals surface area contributed by atoms with Gasteiger partial charge in [0.05, 0.1) is 18.3 Å².